The van der Waals surface area contributed by atoms with Crippen molar-refractivity contribution in [3.8, 4) is 0 Å². The lowest BCUT2D eigenvalue weighted by atomic mass is 10.00. The van der Waals surface area contributed by atoms with Crippen LogP contribution in [0.15, 0.2) is 77.7 Å². The van der Waals surface area contributed by atoms with Crippen molar-refractivity contribution in [3.05, 3.63) is 106 Å². The first-order valence-corrected chi connectivity index (χ1v) is 7.09. The summed E-state index contributed by atoms with van der Waals surface area (Å²) in [5.41, 5.74) is 4.53. The molecule has 0 radical (unpaired) electrons. The van der Waals surface area contributed by atoms with Crippen molar-refractivity contribution in [2.45, 2.75) is 12.8 Å². The summed E-state index contributed by atoms with van der Waals surface area (Å²) in [4.78, 5) is 14.5. The second kappa shape index (κ2) is 6.23. The van der Waals surface area contributed by atoms with Gasteiger partial charge in [-0.1, -0.05) is 60.7 Å². The highest BCUT2D eigenvalue weighted by Crippen LogP contribution is 2.13. The van der Waals surface area contributed by atoms with E-state index in [1.165, 1.54) is 16.7 Å². The van der Waals surface area contributed by atoms with Crippen molar-refractivity contribution >= 4 is 0 Å². The second-order valence-electron chi connectivity index (χ2n) is 5.18. The molecule has 0 aliphatic rings. The van der Waals surface area contributed by atoms with Crippen molar-refractivity contribution in [1.82, 2.24) is 4.98 Å². The van der Waals surface area contributed by atoms with Crippen LogP contribution in [0.3, 0.4) is 0 Å². The third kappa shape index (κ3) is 3.48. The van der Waals surface area contributed by atoms with Gasteiger partial charge in [0.15, 0.2) is 0 Å². The average Bonchev–Trinajstić information content (AvgIpc) is 2.51. The van der Waals surface area contributed by atoms with Gasteiger partial charge in [0.1, 0.15) is 0 Å². The van der Waals surface area contributed by atoms with Crippen LogP contribution in [0.5, 0.6) is 0 Å². The quantitative estimate of drug-likeness (QED) is 0.776. The van der Waals surface area contributed by atoms with E-state index in [0.717, 1.165) is 12.0 Å². The SMILES string of the molecule is O=c1[nH]cccc1Cc1cccc(Cc2ccccc2)c1. The molecule has 2 nitrogen and oxygen atoms in total. The van der Waals surface area contributed by atoms with Gasteiger partial charge in [-0.3, -0.25) is 4.79 Å². The van der Waals surface area contributed by atoms with Gasteiger partial charge >= 0.3 is 0 Å². The smallest absolute Gasteiger partial charge is 0.251 e. The Kier molecular flexibility index (Phi) is 3.97. The number of hydrogen-bond acceptors (Lipinski definition) is 1. The Balaban J connectivity index is 1.80. The predicted molar refractivity (Wildman–Crippen MR) is 85.6 cm³/mol. The highest BCUT2D eigenvalue weighted by atomic mass is 16.1. The molecule has 1 heterocycles. The number of H-pyrrole nitrogens is 1. The lowest BCUT2D eigenvalue weighted by molar-refractivity contribution is 1.08. The van der Waals surface area contributed by atoms with Gasteiger partial charge in [0.25, 0.3) is 5.56 Å². The minimum Gasteiger partial charge on any atom is -0.329 e. The molecule has 2 aromatic carbocycles. The number of pyridine rings is 1. The van der Waals surface area contributed by atoms with Crippen LogP contribution in [-0.2, 0) is 12.8 Å². The minimum atomic E-state index is -0.00837. The van der Waals surface area contributed by atoms with E-state index in [9.17, 15) is 4.79 Å². The van der Waals surface area contributed by atoms with Gasteiger partial charge in [0, 0.05) is 18.2 Å². The zero-order valence-corrected chi connectivity index (χ0v) is 11.8. The summed E-state index contributed by atoms with van der Waals surface area (Å²) < 4.78 is 0. The molecular weight excluding hydrogens is 258 g/mol. The first-order chi connectivity index (χ1) is 10.3. The molecule has 3 rings (SSSR count). The van der Waals surface area contributed by atoms with Crippen molar-refractivity contribution < 1.29 is 0 Å². The summed E-state index contributed by atoms with van der Waals surface area (Å²) in [5, 5.41) is 0. The molecule has 0 unspecified atom stereocenters. The first-order valence-electron chi connectivity index (χ1n) is 7.09. The molecule has 0 saturated heterocycles. The Hall–Kier alpha value is -2.61. The van der Waals surface area contributed by atoms with E-state index in [-0.39, 0.29) is 5.56 Å². The Bertz CT molecular complexity index is 775. The zero-order valence-electron chi connectivity index (χ0n) is 11.8. The molecule has 1 N–H and O–H groups in total. The molecule has 0 bridgehead atoms. The summed E-state index contributed by atoms with van der Waals surface area (Å²) in [5.74, 6) is 0. The molecular formula is C19H17NO. The maximum absolute atomic E-state index is 11.7. The van der Waals surface area contributed by atoms with Gasteiger partial charge in [0.2, 0.25) is 0 Å². The monoisotopic (exact) mass is 275 g/mol. The fourth-order valence-corrected chi connectivity index (χ4v) is 2.50. The Morgan fingerprint density at radius 1 is 0.714 bits per heavy atom. The number of benzene rings is 2. The van der Waals surface area contributed by atoms with Crippen LogP contribution in [-0.4, -0.2) is 4.98 Å². The van der Waals surface area contributed by atoms with Gasteiger partial charge in [-0.2, -0.15) is 0 Å². The first kappa shape index (κ1) is 13.4. The van der Waals surface area contributed by atoms with Crippen molar-refractivity contribution in [3.63, 3.8) is 0 Å². The molecule has 1 aromatic heterocycles. The number of nitrogens with one attached hydrogen (secondary N) is 1. The predicted octanol–water partition coefficient (Wildman–Crippen LogP) is 3.56. The fraction of sp³-hybridized carbons (Fsp3) is 0.105. The topological polar surface area (TPSA) is 32.9 Å². The Labute approximate surface area is 124 Å². The Morgan fingerprint density at radius 2 is 1.43 bits per heavy atom. The number of hydrogen-bond donors (Lipinski definition) is 1. The molecule has 0 amide bonds. The molecule has 0 spiro atoms. The highest BCUT2D eigenvalue weighted by Gasteiger charge is 2.02. The molecule has 0 aliphatic carbocycles. The molecule has 3 aromatic rings. The fourth-order valence-electron chi connectivity index (χ4n) is 2.50. The number of aromatic nitrogens is 1. The number of rotatable bonds is 4. The summed E-state index contributed by atoms with van der Waals surface area (Å²) in [6.45, 7) is 0. The van der Waals surface area contributed by atoms with Crippen LogP contribution in [0.25, 0.3) is 0 Å². The van der Waals surface area contributed by atoms with Crippen LogP contribution in [0.1, 0.15) is 22.3 Å². The van der Waals surface area contributed by atoms with E-state index in [1.807, 2.05) is 18.2 Å². The summed E-state index contributed by atoms with van der Waals surface area (Å²) in [6, 6.07) is 22.6. The maximum Gasteiger partial charge on any atom is 0.251 e. The van der Waals surface area contributed by atoms with Crippen LogP contribution in [0.4, 0.5) is 0 Å². The van der Waals surface area contributed by atoms with E-state index in [0.29, 0.717) is 6.42 Å². The third-order valence-electron chi connectivity index (χ3n) is 3.54. The molecule has 21 heavy (non-hydrogen) atoms. The van der Waals surface area contributed by atoms with Crippen LogP contribution in [0.2, 0.25) is 0 Å². The molecule has 0 aliphatic heterocycles. The summed E-state index contributed by atoms with van der Waals surface area (Å²) >= 11 is 0. The molecule has 0 atom stereocenters. The third-order valence-corrected chi connectivity index (χ3v) is 3.54. The van der Waals surface area contributed by atoms with Gasteiger partial charge in [-0.15, -0.1) is 0 Å². The number of aromatic amines is 1. The van der Waals surface area contributed by atoms with E-state index < -0.39 is 0 Å². The average molecular weight is 275 g/mol. The van der Waals surface area contributed by atoms with E-state index in [1.54, 1.807) is 6.20 Å². The van der Waals surface area contributed by atoms with Gasteiger partial charge < -0.3 is 4.98 Å². The molecule has 0 fully saturated rings. The zero-order chi connectivity index (χ0) is 14.5. The highest BCUT2D eigenvalue weighted by molar-refractivity contribution is 5.32. The normalized spacial score (nSPS) is 10.5. The van der Waals surface area contributed by atoms with Gasteiger partial charge in [0.05, 0.1) is 0 Å². The van der Waals surface area contributed by atoms with Crippen LogP contribution in [0, 0.1) is 0 Å². The minimum absolute atomic E-state index is 0.00837. The summed E-state index contributed by atoms with van der Waals surface area (Å²) in [6.07, 6.45) is 3.25. The van der Waals surface area contributed by atoms with Crippen LogP contribution < -0.4 is 5.56 Å². The van der Waals surface area contributed by atoms with Crippen molar-refractivity contribution in [2.24, 2.45) is 0 Å². The molecule has 104 valence electrons. The van der Waals surface area contributed by atoms with E-state index >= 15 is 0 Å². The van der Waals surface area contributed by atoms with Crippen LogP contribution >= 0.6 is 0 Å². The van der Waals surface area contributed by atoms with E-state index in [2.05, 4.69) is 53.5 Å². The Morgan fingerprint density at radius 3 is 2.19 bits per heavy atom. The van der Waals surface area contributed by atoms with Crippen molar-refractivity contribution in [2.75, 3.05) is 0 Å². The van der Waals surface area contributed by atoms with Gasteiger partial charge in [-0.05, 0) is 29.2 Å². The van der Waals surface area contributed by atoms with E-state index in [4.69, 9.17) is 0 Å². The largest absolute Gasteiger partial charge is 0.329 e. The lowest BCUT2D eigenvalue weighted by Gasteiger charge is -2.06. The van der Waals surface area contributed by atoms with Gasteiger partial charge in [-0.25, -0.2) is 0 Å². The molecule has 0 saturated carbocycles. The molecule has 2 heteroatoms. The van der Waals surface area contributed by atoms with Crippen molar-refractivity contribution in [1.29, 1.82) is 0 Å². The second-order valence-corrected chi connectivity index (χ2v) is 5.18. The summed E-state index contributed by atoms with van der Waals surface area (Å²) in [7, 11) is 0. The maximum atomic E-state index is 11.7. The lowest BCUT2D eigenvalue weighted by Crippen LogP contribution is -2.11. The standard InChI is InChI=1S/C19H17NO/c21-19-18(10-5-11-20-19)14-17-9-4-8-16(13-17)12-15-6-2-1-3-7-15/h1-11,13H,12,14H2,(H,20,21).